The molecule has 140 valence electrons. The SMILES string of the molecule is COc1ccc(CN2CCCCC2)c2cc(C(=O)NC3CCCC3)oc12. The molecule has 1 aromatic heterocycles. The molecule has 1 saturated carbocycles. The van der Waals surface area contributed by atoms with Gasteiger partial charge in [0.1, 0.15) is 0 Å². The number of carbonyl (C=O) groups is 1. The zero-order valence-electron chi connectivity index (χ0n) is 15.6. The van der Waals surface area contributed by atoms with Crippen LogP contribution in [0.5, 0.6) is 5.75 Å². The van der Waals surface area contributed by atoms with Crippen molar-refractivity contribution >= 4 is 16.9 Å². The lowest BCUT2D eigenvalue weighted by Crippen LogP contribution is -2.32. The van der Waals surface area contributed by atoms with Gasteiger partial charge in [0.25, 0.3) is 5.91 Å². The van der Waals surface area contributed by atoms with Gasteiger partial charge in [0.2, 0.25) is 0 Å². The Kier molecular flexibility index (Phi) is 5.16. The number of fused-ring (bicyclic) bond motifs is 1. The maximum atomic E-state index is 12.6. The summed E-state index contributed by atoms with van der Waals surface area (Å²) in [5.41, 5.74) is 1.88. The summed E-state index contributed by atoms with van der Waals surface area (Å²) in [6.45, 7) is 3.17. The van der Waals surface area contributed by atoms with Gasteiger partial charge in [0, 0.05) is 18.0 Å². The molecule has 5 nitrogen and oxygen atoms in total. The number of hydrogen-bond acceptors (Lipinski definition) is 4. The number of nitrogens with one attached hydrogen (secondary N) is 1. The smallest absolute Gasteiger partial charge is 0.287 e. The fourth-order valence-corrected chi connectivity index (χ4v) is 4.25. The molecule has 1 saturated heterocycles. The molecule has 0 bridgehead atoms. The minimum atomic E-state index is -0.112. The Hall–Kier alpha value is -2.01. The van der Waals surface area contributed by atoms with Gasteiger partial charge in [-0.15, -0.1) is 0 Å². The van der Waals surface area contributed by atoms with Gasteiger partial charge in [-0.05, 0) is 56.5 Å². The molecule has 2 heterocycles. The molecule has 1 aliphatic carbocycles. The predicted molar refractivity (Wildman–Crippen MR) is 102 cm³/mol. The summed E-state index contributed by atoms with van der Waals surface area (Å²) < 4.78 is 11.4. The molecule has 0 unspecified atom stereocenters. The summed E-state index contributed by atoms with van der Waals surface area (Å²) in [5.74, 6) is 0.956. The third-order valence-corrected chi connectivity index (χ3v) is 5.71. The number of methoxy groups -OCH3 is 1. The first-order chi connectivity index (χ1) is 12.7. The molecular formula is C21H28N2O3. The topological polar surface area (TPSA) is 54.7 Å². The Morgan fingerprint density at radius 2 is 1.96 bits per heavy atom. The highest BCUT2D eigenvalue weighted by atomic mass is 16.5. The van der Waals surface area contributed by atoms with Crippen molar-refractivity contribution < 1.29 is 13.9 Å². The van der Waals surface area contributed by atoms with Gasteiger partial charge in [0.15, 0.2) is 17.1 Å². The van der Waals surface area contributed by atoms with Crippen LogP contribution in [0.25, 0.3) is 11.0 Å². The molecule has 1 amide bonds. The average molecular weight is 356 g/mol. The van der Waals surface area contributed by atoms with Gasteiger partial charge in [-0.1, -0.05) is 25.3 Å². The van der Waals surface area contributed by atoms with Crippen molar-refractivity contribution in [3.63, 3.8) is 0 Å². The Morgan fingerprint density at radius 1 is 1.19 bits per heavy atom. The highest BCUT2D eigenvalue weighted by Crippen LogP contribution is 2.33. The number of hydrogen-bond donors (Lipinski definition) is 1. The standard InChI is InChI=1S/C21H28N2O3/c1-25-18-10-9-15(14-23-11-5-2-6-12-23)17-13-19(26-20(17)18)21(24)22-16-7-3-4-8-16/h9-10,13,16H,2-8,11-12,14H2,1H3,(H,22,24). The van der Waals surface area contributed by atoms with Crippen LogP contribution in [0.3, 0.4) is 0 Å². The summed E-state index contributed by atoms with van der Waals surface area (Å²) in [4.78, 5) is 15.1. The zero-order valence-corrected chi connectivity index (χ0v) is 15.6. The van der Waals surface area contributed by atoms with E-state index in [9.17, 15) is 4.79 Å². The summed E-state index contributed by atoms with van der Waals surface area (Å²) >= 11 is 0. The second-order valence-corrected chi connectivity index (χ2v) is 7.57. The maximum absolute atomic E-state index is 12.6. The van der Waals surface area contributed by atoms with Crippen LogP contribution in [-0.4, -0.2) is 37.0 Å². The van der Waals surface area contributed by atoms with E-state index >= 15 is 0 Å². The van der Waals surface area contributed by atoms with E-state index in [1.165, 1.54) is 37.7 Å². The molecule has 2 aliphatic rings. The van der Waals surface area contributed by atoms with Crippen LogP contribution < -0.4 is 10.1 Å². The van der Waals surface area contributed by atoms with Gasteiger partial charge in [0.05, 0.1) is 7.11 Å². The van der Waals surface area contributed by atoms with E-state index in [-0.39, 0.29) is 11.9 Å². The van der Waals surface area contributed by atoms with Gasteiger partial charge in [-0.3, -0.25) is 9.69 Å². The molecule has 1 N–H and O–H groups in total. The molecule has 2 fully saturated rings. The normalized spacial score (nSPS) is 19.1. The number of nitrogens with zero attached hydrogens (tertiary/aromatic N) is 1. The minimum Gasteiger partial charge on any atom is -0.493 e. The molecule has 0 spiro atoms. The van der Waals surface area contributed by atoms with Crippen molar-refractivity contribution in [1.82, 2.24) is 10.2 Å². The molecule has 4 rings (SSSR count). The largest absolute Gasteiger partial charge is 0.493 e. The lowest BCUT2D eigenvalue weighted by Gasteiger charge is -2.26. The van der Waals surface area contributed by atoms with Gasteiger partial charge < -0.3 is 14.5 Å². The fourth-order valence-electron chi connectivity index (χ4n) is 4.25. The molecular weight excluding hydrogens is 328 g/mol. The van der Waals surface area contributed by atoms with E-state index < -0.39 is 0 Å². The van der Waals surface area contributed by atoms with Crippen molar-refractivity contribution in [3.05, 3.63) is 29.5 Å². The number of carbonyl (C=O) groups excluding carboxylic acids is 1. The van der Waals surface area contributed by atoms with Crippen LogP contribution in [0.2, 0.25) is 0 Å². The van der Waals surface area contributed by atoms with Crippen LogP contribution in [-0.2, 0) is 6.54 Å². The molecule has 26 heavy (non-hydrogen) atoms. The monoisotopic (exact) mass is 356 g/mol. The van der Waals surface area contributed by atoms with Crippen LogP contribution in [0.15, 0.2) is 22.6 Å². The highest BCUT2D eigenvalue weighted by Gasteiger charge is 2.22. The Labute approximate surface area is 154 Å². The fraction of sp³-hybridized carbons (Fsp3) is 0.571. The second kappa shape index (κ2) is 7.70. The summed E-state index contributed by atoms with van der Waals surface area (Å²) in [6.07, 6.45) is 8.37. The van der Waals surface area contributed by atoms with Crippen LogP contribution in [0, 0.1) is 0 Å². The number of rotatable bonds is 5. The Morgan fingerprint density at radius 3 is 2.69 bits per heavy atom. The van der Waals surface area contributed by atoms with Gasteiger partial charge in [-0.25, -0.2) is 0 Å². The van der Waals surface area contributed by atoms with E-state index in [1.54, 1.807) is 7.11 Å². The predicted octanol–water partition coefficient (Wildman–Crippen LogP) is 4.10. The molecule has 1 aliphatic heterocycles. The molecule has 0 radical (unpaired) electrons. The van der Waals surface area contributed by atoms with Crippen LogP contribution in [0.4, 0.5) is 0 Å². The summed E-state index contributed by atoms with van der Waals surface area (Å²) in [5, 5.41) is 4.10. The third-order valence-electron chi connectivity index (χ3n) is 5.71. The first kappa shape index (κ1) is 17.4. The van der Waals surface area contributed by atoms with Crippen molar-refractivity contribution in [2.75, 3.05) is 20.2 Å². The van der Waals surface area contributed by atoms with Crippen LogP contribution in [0.1, 0.15) is 61.1 Å². The number of furan rings is 1. The van der Waals surface area contributed by atoms with E-state index in [0.717, 1.165) is 37.9 Å². The zero-order chi connectivity index (χ0) is 17.9. The van der Waals surface area contributed by atoms with Gasteiger partial charge in [-0.2, -0.15) is 0 Å². The maximum Gasteiger partial charge on any atom is 0.287 e. The summed E-state index contributed by atoms with van der Waals surface area (Å²) in [7, 11) is 1.64. The van der Waals surface area contributed by atoms with Crippen molar-refractivity contribution in [3.8, 4) is 5.75 Å². The third kappa shape index (κ3) is 3.58. The van der Waals surface area contributed by atoms with E-state index in [2.05, 4.69) is 16.3 Å². The lowest BCUT2D eigenvalue weighted by atomic mass is 10.1. The van der Waals surface area contributed by atoms with E-state index in [1.807, 2.05) is 12.1 Å². The molecule has 5 heteroatoms. The molecule has 1 aromatic carbocycles. The number of ether oxygens (including phenoxy) is 1. The average Bonchev–Trinajstić information content (AvgIpc) is 3.33. The highest BCUT2D eigenvalue weighted by molar-refractivity contribution is 5.98. The molecule has 0 atom stereocenters. The van der Waals surface area contributed by atoms with Crippen molar-refractivity contribution in [2.45, 2.75) is 57.5 Å². The first-order valence-electron chi connectivity index (χ1n) is 9.87. The Bertz CT molecular complexity index is 771. The lowest BCUT2D eigenvalue weighted by molar-refractivity contribution is 0.0912. The van der Waals surface area contributed by atoms with E-state index in [0.29, 0.717) is 17.1 Å². The quantitative estimate of drug-likeness (QED) is 0.876. The number of amides is 1. The number of likely N-dealkylation sites (tertiary alicyclic amines) is 1. The molecule has 2 aromatic rings. The van der Waals surface area contributed by atoms with Gasteiger partial charge >= 0.3 is 0 Å². The number of benzene rings is 1. The second-order valence-electron chi connectivity index (χ2n) is 7.57. The van der Waals surface area contributed by atoms with Crippen molar-refractivity contribution in [2.24, 2.45) is 0 Å². The summed E-state index contributed by atoms with van der Waals surface area (Å²) in [6, 6.07) is 6.22. The minimum absolute atomic E-state index is 0.112. The number of piperidine rings is 1. The Balaban J connectivity index is 1.61. The van der Waals surface area contributed by atoms with Crippen LogP contribution >= 0.6 is 0 Å². The van der Waals surface area contributed by atoms with Crippen molar-refractivity contribution in [1.29, 1.82) is 0 Å². The first-order valence-corrected chi connectivity index (χ1v) is 9.87. The van der Waals surface area contributed by atoms with E-state index in [4.69, 9.17) is 9.15 Å².